The zero-order valence-corrected chi connectivity index (χ0v) is 15.7. The number of benzene rings is 1. The molecule has 1 N–H and O–H groups in total. The third-order valence-corrected chi connectivity index (χ3v) is 3.89. The number of amides is 1. The SMILES string of the molecule is CCOC(=O)c1cc(C(=O)Nc2cc(-c3ccc(OC)cc3)ncn2)n(C)n1. The highest BCUT2D eigenvalue weighted by Gasteiger charge is 2.19. The highest BCUT2D eigenvalue weighted by atomic mass is 16.5. The predicted molar refractivity (Wildman–Crippen MR) is 101 cm³/mol. The zero-order valence-electron chi connectivity index (χ0n) is 15.7. The molecule has 0 aliphatic carbocycles. The lowest BCUT2D eigenvalue weighted by Crippen LogP contribution is -2.17. The maximum atomic E-state index is 12.6. The van der Waals surface area contributed by atoms with Gasteiger partial charge >= 0.3 is 5.97 Å². The van der Waals surface area contributed by atoms with E-state index >= 15 is 0 Å². The van der Waals surface area contributed by atoms with Crippen molar-refractivity contribution in [2.24, 2.45) is 7.05 Å². The van der Waals surface area contributed by atoms with Crippen molar-refractivity contribution in [2.75, 3.05) is 19.0 Å². The summed E-state index contributed by atoms with van der Waals surface area (Å²) in [5.41, 5.74) is 1.76. The Balaban J connectivity index is 1.78. The van der Waals surface area contributed by atoms with Crippen molar-refractivity contribution in [1.82, 2.24) is 19.7 Å². The van der Waals surface area contributed by atoms with E-state index in [2.05, 4.69) is 20.4 Å². The van der Waals surface area contributed by atoms with Gasteiger partial charge in [-0.25, -0.2) is 14.8 Å². The van der Waals surface area contributed by atoms with Gasteiger partial charge in [-0.3, -0.25) is 9.48 Å². The summed E-state index contributed by atoms with van der Waals surface area (Å²) >= 11 is 0. The van der Waals surface area contributed by atoms with Crippen LogP contribution in [0.5, 0.6) is 5.75 Å². The first-order valence-electron chi connectivity index (χ1n) is 8.50. The molecule has 0 radical (unpaired) electrons. The fourth-order valence-corrected chi connectivity index (χ4v) is 2.51. The Labute approximate surface area is 161 Å². The number of carbonyl (C=O) groups excluding carboxylic acids is 2. The molecule has 0 bridgehead atoms. The van der Waals surface area contributed by atoms with Crippen LogP contribution in [0.25, 0.3) is 11.3 Å². The van der Waals surface area contributed by atoms with Gasteiger partial charge in [-0.15, -0.1) is 0 Å². The quantitative estimate of drug-likeness (QED) is 0.653. The molecule has 1 aromatic carbocycles. The van der Waals surface area contributed by atoms with Crippen molar-refractivity contribution in [3.8, 4) is 17.0 Å². The van der Waals surface area contributed by atoms with Crippen molar-refractivity contribution in [3.05, 3.63) is 54.1 Å². The van der Waals surface area contributed by atoms with Gasteiger partial charge in [0.1, 0.15) is 23.6 Å². The molecule has 0 aliphatic rings. The van der Waals surface area contributed by atoms with E-state index in [4.69, 9.17) is 9.47 Å². The number of rotatable bonds is 6. The maximum Gasteiger partial charge on any atom is 0.358 e. The van der Waals surface area contributed by atoms with Crippen molar-refractivity contribution >= 4 is 17.7 Å². The summed E-state index contributed by atoms with van der Waals surface area (Å²) in [6, 6.07) is 10.4. The number of hydrogen-bond donors (Lipinski definition) is 1. The number of carbonyl (C=O) groups is 2. The average Bonchev–Trinajstić information content (AvgIpc) is 3.10. The predicted octanol–water partition coefficient (Wildman–Crippen LogP) is 2.31. The molecule has 0 unspecified atom stereocenters. The minimum Gasteiger partial charge on any atom is -0.497 e. The van der Waals surface area contributed by atoms with Crippen LogP contribution in [0, 0.1) is 0 Å². The van der Waals surface area contributed by atoms with E-state index in [-0.39, 0.29) is 18.0 Å². The number of hydrogen-bond acceptors (Lipinski definition) is 7. The second kappa shape index (κ2) is 8.30. The Morgan fingerprint density at radius 2 is 1.89 bits per heavy atom. The Kier molecular flexibility index (Phi) is 5.64. The lowest BCUT2D eigenvalue weighted by Gasteiger charge is -2.07. The molecule has 3 aromatic rings. The second-order valence-electron chi connectivity index (χ2n) is 5.73. The van der Waals surface area contributed by atoms with E-state index in [1.54, 1.807) is 27.1 Å². The smallest absolute Gasteiger partial charge is 0.358 e. The van der Waals surface area contributed by atoms with Crippen LogP contribution >= 0.6 is 0 Å². The zero-order chi connectivity index (χ0) is 20.1. The van der Waals surface area contributed by atoms with Crippen LogP contribution in [0.4, 0.5) is 5.82 Å². The van der Waals surface area contributed by atoms with Crippen molar-refractivity contribution < 1.29 is 19.1 Å². The van der Waals surface area contributed by atoms with Gasteiger partial charge in [-0.1, -0.05) is 0 Å². The van der Waals surface area contributed by atoms with Gasteiger partial charge in [0.05, 0.1) is 19.4 Å². The van der Waals surface area contributed by atoms with Crippen LogP contribution in [-0.4, -0.2) is 45.3 Å². The Morgan fingerprint density at radius 1 is 1.14 bits per heavy atom. The summed E-state index contributed by atoms with van der Waals surface area (Å²) in [6.07, 6.45) is 1.36. The minimum atomic E-state index is -0.582. The van der Waals surface area contributed by atoms with Gasteiger partial charge in [-0.2, -0.15) is 5.10 Å². The van der Waals surface area contributed by atoms with Crippen LogP contribution in [-0.2, 0) is 11.8 Å². The molecule has 9 heteroatoms. The number of nitrogens with zero attached hydrogens (tertiary/aromatic N) is 4. The third kappa shape index (κ3) is 4.14. The molecular formula is C19H19N5O4. The first-order chi connectivity index (χ1) is 13.5. The molecule has 1 amide bonds. The third-order valence-electron chi connectivity index (χ3n) is 3.89. The van der Waals surface area contributed by atoms with E-state index in [1.165, 1.54) is 17.1 Å². The Bertz CT molecular complexity index is 998. The lowest BCUT2D eigenvalue weighted by atomic mass is 10.1. The van der Waals surface area contributed by atoms with Gasteiger partial charge in [0, 0.05) is 24.7 Å². The molecule has 3 rings (SSSR count). The maximum absolute atomic E-state index is 12.6. The number of aromatic nitrogens is 4. The van der Waals surface area contributed by atoms with Crippen LogP contribution in [0.3, 0.4) is 0 Å². The van der Waals surface area contributed by atoms with Gasteiger partial charge in [-0.05, 0) is 31.2 Å². The first-order valence-corrected chi connectivity index (χ1v) is 8.50. The largest absolute Gasteiger partial charge is 0.497 e. The normalized spacial score (nSPS) is 10.4. The molecule has 0 aliphatic heterocycles. The molecule has 0 spiro atoms. The van der Waals surface area contributed by atoms with E-state index in [0.29, 0.717) is 11.5 Å². The fourth-order valence-electron chi connectivity index (χ4n) is 2.51. The summed E-state index contributed by atoms with van der Waals surface area (Å²) in [4.78, 5) is 32.6. The topological polar surface area (TPSA) is 108 Å². The first kappa shape index (κ1) is 19.0. The lowest BCUT2D eigenvalue weighted by molar-refractivity contribution is 0.0518. The number of anilines is 1. The number of methoxy groups -OCH3 is 1. The molecule has 0 saturated carbocycles. The summed E-state index contributed by atoms with van der Waals surface area (Å²) in [5.74, 6) is 0.0237. The van der Waals surface area contributed by atoms with E-state index in [0.717, 1.165) is 11.3 Å². The van der Waals surface area contributed by atoms with Crippen LogP contribution in [0.2, 0.25) is 0 Å². The van der Waals surface area contributed by atoms with E-state index in [1.807, 2.05) is 24.3 Å². The summed E-state index contributed by atoms with van der Waals surface area (Å²) in [6.45, 7) is 1.93. The van der Waals surface area contributed by atoms with Gasteiger partial charge in [0.2, 0.25) is 0 Å². The molecule has 0 fully saturated rings. The highest BCUT2D eigenvalue weighted by molar-refractivity contribution is 6.04. The van der Waals surface area contributed by atoms with E-state index in [9.17, 15) is 9.59 Å². The molecular weight excluding hydrogens is 362 g/mol. The summed E-state index contributed by atoms with van der Waals surface area (Å²) in [5, 5.41) is 6.70. The van der Waals surface area contributed by atoms with Gasteiger partial charge in [0.15, 0.2) is 5.69 Å². The number of esters is 1. The number of nitrogens with one attached hydrogen (secondary N) is 1. The molecule has 2 heterocycles. The minimum absolute atomic E-state index is 0.0658. The molecule has 0 atom stereocenters. The van der Waals surface area contributed by atoms with Gasteiger partial charge in [0.25, 0.3) is 5.91 Å². The number of aryl methyl sites for hydroxylation is 1. The standard InChI is InChI=1S/C19H19N5O4/c1-4-28-19(26)15-9-16(24(2)23-15)18(25)22-17-10-14(20-11-21-17)12-5-7-13(27-3)8-6-12/h5-11H,4H2,1-3H3,(H,20,21,22,25). The van der Waals surface area contributed by atoms with E-state index < -0.39 is 11.9 Å². The fraction of sp³-hybridized carbons (Fsp3) is 0.211. The molecule has 2 aromatic heterocycles. The molecule has 144 valence electrons. The van der Waals surface area contributed by atoms with Gasteiger partial charge < -0.3 is 14.8 Å². The molecule has 28 heavy (non-hydrogen) atoms. The second-order valence-corrected chi connectivity index (χ2v) is 5.73. The van der Waals surface area contributed by atoms with Crippen molar-refractivity contribution in [2.45, 2.75) is 6.92 Å². The van der Waals surface area contributed by atoms with Crippen molar-refractivity contribution in [3.63, 3.8) is 0 Å². The monoisotopic (exact) mass is 381 g/mol. The summed E-state index contributed by atoms with van der Waals surface area (Å²) in [7, 11) is 3.17. The molecule has 9 nitrogen and oxygen atoms in total. The molecule has 0 saturated heterocycles. The van der Waals surface area contributed by atoms with Crippen LogP contribution in [0.1, 0.15) is 27.9 Å². The van der Waals surface area contributed by atoms with Crippen LogP contribution < -0.4 is 10.1 Å². The highest BCUT2D eigenvalue weighted by Crippen LogP contribution is 2.22. The Morgan fingerprint density at radius 3 is 2.57 bits per heavy atom. The van der Waals surface area contributed by atoms with Crippen LogP contribution in [0.15, 0.2) is 42.7 Å². The average molecular weight is 381 g/mol. The van der Waals surface area contributed by atoms with Crippen molar-refractivity contribution in [1.29, 1.82) is 0 Å². The Hall–Kier alpha value is -3.75. The summed E-state index contributed by atoms with van der Waals surface area (Å²) < 4.78 is 11.4. The number of ether oxygens (including phenoxy) is 2.